The number of cyclic esters (lactones) is 1. The van der Waals surface area contributed by atoms with Crippen molar-refractivity contribution in [3.63, 3.8) is 0 Å². The zero-order valence-electron chi connectivity index (χ0n) is 21.1. The maximum absolute atomic E-state index is 13.3. The lowest BCUT2D eigenvalue weighted by Gasteiger charge is -2.59. The number of aliphatic hydroxyl groups is 2. The molecule has 6 aliphatic rings. The fourth-order valence-electron chi connectivity index (χ4n) is 9.80. The maximum atomic E-state index is 13.3. The molecule has 0 unspecified atom stereocenters. The number of hydrogen-bond donors (Lipinski definition) is 2. The van der Waals surface area contributed by atoms with Gasteiger partial charge in [0.05, 0.1) is 17.4 Å². The molecule has 0 radical (unpaired) electrons. The number of rotatable bonds is 2. The van der Waals surface area contributed by atoms with Gasteiger partial charge in [0.2, 0.25) is 0 Å². The number of carbonyl (C=O) groups excluding carboxylic acids is 2. The molecule has 3 saturated carbocycles. The smallest absolute Gasteiger partial charge is 0.309 e. The molecule has 2 heterocycles. The molecule has 5 fully saturated rings. The van der Waals surface area contributed by atoms with Crippen LogP contribution in [0, 0.1) is 46.3 Å². The Bertz CT molecular complexity index is 957. The lowest BCUT2D eigenvalue weighted by molar-refractivity contribution is -0.202. The standard InChI is InChI=1S/C28H40O6/c1-14-12-22(33-24(31)15(14)2)27(5,32)19-7-6-17-16-13-23-28(34-23)21(30)9-8-20(29)26(28,4)18(16)10-11-25(17,19)3/h8-9,14-19,21-23,30,32H,6-7,10-13H2,1-5H3/t14-,15+,16+,17+,18-,19-,21-,22-,23+,25-,26-,27+,28+/m0/s1. The van der Waals surface area contributed by atoms with E-state index in [0.29, 0.717) is 18.3 Å². The summed E-state index contributed by atoms with van der Waals surface area (Å²) in [5.41, 5.74) is -2.61. The van der Waals surface area contributed by atoms with Crippen LogP contribution in [0.15, 0.2) is 12.2 Å². The van der Waals surface area contributed by atoms with E-state index in [1.807, 2.05) is 20.8 Å². The number of aliphatic hydroxyl groups excluding tert-OH is 1. The monoisotopic (exact) mass is 472 g/mol. The average molecular weight is 473 g/mol. The SMILES string of the molecule is C[C@H]1C[C@@H]([C@](C)(O)[C@H]2CC[C@@H]3[C@H]4C[C@H]5O[C@]56[C@@H](O)C=CC(=O)[C@]6(C)[C@H]4CC[C@@]32C)OC(=O)[C@@H]1C. The zero-order valence-corrected chi connectivity index (χ0v) is 21.1. The summed E-state index contributed by atoms with van der Waals surface area (Å²) in [7, 11) is 0. The van der Waals surface area contributed by atoms with Gasteiger partial charge in [-0.25, -0.2) is 0 Å². The molecule has 0 amide bonds. The van der Waals surface area contributed by atoms with Crippen molar-refractivity contribution in [3.05, 3.63) is 12.2 Å². The fourth-order valence-corrected chi connectivity index (χ4v) is 9.80. The second kappa shape index (κ2) is 6.95. The van der Waals surface area contributed by atoms with Crippen molar-refractivity contribution in [2.45, 2.75) is 103 Å². The van der Waals surface area contributed by atoms with E-state index in [-0.39, 0.29) is 46.9 Å². The zero-order chi connectivity index (χ0) is 24.4. The number of allylic oxidation sites excluding steroid dienone is 1. The number of hydrogen-bond acceptors (Lipinski definition) is 6. The second-order valence-electron chi connectivity index (χ2n) is 13.2. The number of epoxide rings is 1. The Labute approximate surface area is 202 Å². The van der Waals surface area contributed by atoms with Crippen molar-refractivity contribution < 1.29 is 29.3 Å². The number of fused-ring (bicyclic) bond motifs is 4. The van der Waals surface area contributed by atoms with Gasteiger partial charge in [0, 0.05) is 0 Å². The summed E-state index contributed by atoms with van der Waals surface area (Å²) in [5, 5.41) is 22.8. The summed E-state index contributed by atoms with van der Waals surface area (Å²) < 4.78 is 12.0. The van der Waals surface area contributed by atoms with E-state index < -0.39 is 28.8 Å². The predicted molar refractivity (Wildman–Crippen MR) is 124 cm³/mol. The Kier molecular flexibility index (Phi) is 4.74. The minimum absolute atomic E-state index is 0.0384. The minimum atomic E-state index is -1.08. The van der Waals surface area contributed by atoms with Crippen LogP contribution in [0.4, 0.5) is 0 Å². The first-order valence-electron chi connectivity index (χ1n) is 13.4. The van der Waals surface area contributed by atoms with Crippen LogP contribution in [0.25, 0.3) is 0 Å². The molecule has 6 heteroatoms. The number of carbonyl (C=O) groups is 2. The van der Waals surface area contributed by atoms with E-state index in [1.54, 1.807) is 12.2 Å². The van der Waals surface area contributed by atoms with Gasteiger partial charge in [0.15, 0.2) is 5.78 Å². The molecule has 4 aliphatic carbocycles. The van der Waals surface area contributed by atoms with Crippen LogP contribution in [0.5, 0.6) is 0 Å². The highest BCUT2D eigenvalue weighted by atomic mass is 16.6. The quantitative estimate of drug-likeness (QED) is 0.472. The third-order valence-electron chi connectivity index (χ3n) is 12.0. The van der Waals surface area contributed by atoms with Gasteiger partial charge in [-0.1, -0.05) is 20.8 Å². The Balaban J connectivity index is 1.30. The number of ketones is 1. The molecular formula is C28H40O6. The first kappa shape index (κ1) is 23.2. The molecule has 2 saturated heterocycles. The van der Waals surface area contributed by atoms with Crippen molar-refractivity contribution in [2.75, 3.05) is 0 Å². The topological polar surface area (TPSA) is 96.4 Å². The minimum Gasteiger partial charge on any atom is -0.459 e. The number of esters is 1. The third kappa shape index (κ3) is 2.58. The summed E-state index contributed by atoms with van der Waals surface area (Å²) in [6.45, 7) is 10.2. The van der Waals surface area contributed by atoms with E-state index >= 15 is 0 Å². The van der Waals surface area contributed by atoms with Crippen LogP contribution in [0.2, 0.25) is 0 Å². The van der Waals surface area contributed by atoms with Gasteiger partial charge in [-0.3, -0.25) is 9.59 Å². The van der Waals surface area contributed by atoms with Crippen LogP contribution >= 0.6 is 0 Å². The van der Waals surface area contributed by atoms with E-state index in [0.717, 1.165) is 32.1 Å². The van der Waals surface area contributed by atoms with E-state index in [2.05, 4.69) is 13.8 Å². The number of ether oxygens (including phenoxy) is 2. The molecule has 0 aromatic heterocycles. The first-order chi connectivity index (χ1) is 15.9. The average Bonchev–Trinajstić information content (AvgIpc) is 3.40. The Hall–Kier alpha value is -1.24. The largest absolute Gasteiger partial charge is 0.459 e. The molecule has 1 spiro atoms. The molecule has 2 aliphatic heterocycles. The van der Waals surface area contributed by atoms with E-state index in [9.17, 15) is 19.8 Å². The molecule has 34 heavy (non-hydrogen) atoms. The van der Waals surface area contributed by atoms with Crippen LogP contribution in [-0.4, -0.2) is 51.5 Å². The predicted octanol–water partition coefficient (Wildman–Crippen LogP) is 3.43. The highest BCUT2D eigenvalue weighted by Gasteiger charge is 2.80. The van der Waals surface area contributed by atoms with Gasteiger partial charge < -0.3 is 19.7 Å². The lowest BCUT2D eigenvalue weighted by atomic mass is 9.44. The second-order valence-corrected chi connectivity index (χ2v) is 13.2. The Morgan fingerprint density at radius 2 is 1.82 bits per heavy atom. The molecule has 0 aromatic carbocycles. The highest BCUT2D eigenvalue weighted by molar-refractivity contribution is 5.98. The van der Waals surface area contributed by atoms with Gasteiger partial charge in [-0.2, -0.15) is 0 Å². The molecule has 0 bridgehead atoms. The normalized spacial score (nSPS) is 57.6. The molecule has 13 atom stereocenters. The third-order valence-corrected chi connectivity index (χ3v) is 12.0. The highest BCUT2D eigenvalue weighted by Crippen LogP contribution is 2.73. The summed E-state index contributed by atoms with van der Waals surface area (Å²) in [6, 6.07) is 0. The summed E-state index contributed by atoms with van der Waals surface area (Å²) in [6.07, 6.45) is 7.21. The van der Waals surface area contributed by atoms with E-state index in [1.165, 1.54) is 0 Å². The van der Waals surface area contributed by atoms with Crippen LogP contribution < -0.4 is 0 Å². The molecular weight excluding hydrogens is 432 g/mol. The van der Waals surface area contributed by atoms with Crippen molar-refractivity contribution in [1.82, 2.24) is 0 Å². The van der Waals surface area contributed by atoms with Crippen LogP contribution in [0.3, 0.4) is 0 Å². The lowest BCUT2D eigenvalue weighted by Crippen LogP contribution is -2.64. The molecule has 188 valence electrons. The first-order valence-corrected chi connectivity index (χ1v) is 13.4. The van der Waals surface area contributed by atoms with E-state index in [4.69, 9.17) is 9.47 Å². The molecule has 6 rings (SSSR count). The van der Waals surface area contributed by atoms with Crippen LogP contribution in [-0.2, 0) is 19.1 Å². The molecule has 0 aromatic rings. The summed E-state index contributed by atoms with van der Waals surface area (Å²) in [5.74, 6) is 0.885. The fraction of sp³-hybridized carbons (Fsp3) is 0.857. The van der Waals surface area contributed by atoms with Gasteiger partial charge in [0.25, 0.3) is 0 Å². The van der Waals surface area contributed by atoms with Crippen molar-refractivity contribution in [1.29, 1.82) is 0 Å². The van der Waals surface area contributed by atoms with Crippen LogP contribution in [0.1, 0.15) is 73.1 Å². The summed E-state index contributed by atoms with van der Waals surface area (Å²) >= 11 is 0. The van der Waals surface area contributed by atoms with Gasteiger partial charge in [0.1, 0.15) is 23.4 Å². The van der Waals surface area contributed by atoms with Crippen molar-refractivity contribution >= 4 is 11.8 Å². The molecule has 2 N–H and O–H groups in total. The van der Waals surface area contributed by atoms with Crippen molar-refractivity contribution in [2.24, 2.45) is 46.3 Å². The van der Waals surface area contributed by atoms with Gasteiger partial charge >= 0.3 is 5.97 Å². The summed E-state index contributed by atoms with van der Waals surface area (Å²) in [4.78, 5) is 25.8. The Morgan fingerprint density at radius 1 is 1.09 bits per heavy atom. The molecule has 6 nitrogen and oxygen atoms in total. The van der Waals surface area contributed by atoms with Crippen molar-refractivity contribution in [3.8, 4) is 0 Å². The Morgan fingerprint density at radius 3 is 2.53 bits per heavy atom. The van der Waals surface area contributed by atoms with Gasteiger partial charge in [-0.05, 0) is 99.5 Å². The van der Waals surface area contributed by atoms with Gasteiger partial charge in [-0.15, -0.1) is 0 Å². The maximum Gasteiger partial charge on any atom is 0.309 e.